The molecule has 1 aromatic rings. The van der Waals surface area contributed by atoms with Gasteiger partial charge in [0, 0.05) is 18.8 Å². The van der Waals surface area contributed by atoms with Crippen molar-refractivity contribution in [3.05, 3.63) is 18.0 Å². The van der Waals surface area contributed by atoms with Gasteiger partial charge in [-0.2, -0.15) is 18.3 Å². The molecule has 2 rings (SSSR count). The van der Waals surface area contributed by atoms with Gasteiger partial charge in [-0.25, -0.2) is 0 Å². The van der Waals surface area contributed by atoms with E-state index < -0.39 is 23.7 Å². The molecule has 1 fully saturated rings. The molecule has 1 aliphatic heterocycles. The predicted molar refractivity (Wildman–Crippen MR) is 70.3 cm³/mol. The molecule has 2 heterocycles. The first kappa shape index (κ1) is 16.3. The van der Waals surface area contributed by atoms with Crippen LogP contribution >= 0.6 is 0 Å². The standard InChI is InChI=1S/C13H17F3N4O2/c1-8-2-3-9(12(17)22)6-20(8)11(21)7-19-5-4-10(18-19)13(14,15)16/h4-5,8-9H,2-3,6-7H2,1H3,(H2,17,22)/t8-,9-/m1/s1. The number of likely N-dealkylation sites (tertiary alicyclic amines) is 1. The van der Waals surface area contributed by atoms with E-state index in [0.29, 0.717) is 12.8 Å². The second kappa shape index (κ2) is 5.98. The van der Waals surface area contributed by atoms with Crippen LogP contribution in [0, 0.1) is 5.92 Å². The highest BCUT2D eigenvalue weighted by atomic mass is 19.4. The van der Waals surface area contributed by atoms with E-state index in [2.05, 4.69) is 5.10 Å². The van der Waals surface area contributed by atoms with Gasteiger partial charge < -0.3 is 10.6 Å². The summed E-state index contributed by atoms with van der Waals surface area (Å²) in [4.78, 5) is 25.0. The molecule has 0 spiro atoms. The van der Waals surface area contributed by atoms with E-state index in [9.17, 15) is 22.8 Å². The maximum Gasteiger partial charge on any atom is 0.435 e. The molecule has 1 aliphatic rings. The van der Waals surface area contributed by atoms with Crippen molar-refractivity contribution >= 4 is 11.8 Å². The van der Waals surface area contributed by atoms with Crippen molar-refractivity contribution < 1.29 is 22.8 Å². The summed E-state index contributed by atoms with van der Waals surface area (Å²) in [5, 5.41) is 3.35. The maximum atomic E-state index is 12.5. The van der Waals surface area contributed by atoms with Crippen LogP contribution in [0.1, 0.15) is 25.5 Å². The minimum atomic E-state index is -4.54. The zero-order valence-electron chi connectivity index (χ0n) is 12.0. The third-order valence-corrected chi connectivity index (χ3v) is 3.83. The summed E-state index contributed by atoms with van der Waals surface area (Å²) in [6.07, 6.45) is -2.18. The monoisotopic (exact) mass is 318 g/mol. The van der Waals surface area contributed by atoms with Crippen LogP contribution in [0.25, 0.3) is 0 Å². The summed E-state index contributed by atoms with van der Waals surface area (Å²) in [7, 11) is 0. The van der Waals surface area contributed by atoms with Crippen molar-refractivity contribution in [3.63, 3.8) is 0 Å². The first-order valence-electron chi connectivity index (χ1n) is 6.88. The Kier molecular flexibility index (Phi) is 4.43. The van der Waals surface area contributed by atoms with Crippen molar-refractivity contribution in [2.45, 2.75) is 38.5 Å². The number of halogens is 3. The summed E-state index contributed by atoms with van der Waals surface area (Å²) in [6.45, 7) is 1.73. The molecule has 2 atom stereocenters. The van der Waals surface area contributed by atoms with Gasteiger partial charge in [0.25, 0.3) is 0 Å². The molecular formula is C13H17F3N4O2. The fourth-order valence-corrected chi connectivity index (χ4v) is 2.52. The van der Waals surface area contributed by atoms with Gasteiger partial charge in [-0.15, -0.1) is 0 Å². The zero-order valence-corrected chi connectivity index (χ0v) is 12.0. The number of rotatable bonds is 3. The van der Waals surface area contributed by atoms with Gasteiger partial charge in [0.15, 0.2) is 5.69 Å². The number of hydrogen-bond acceptors (Lipinski definition) is 3. The fraction of sp³-hybridized carbons (Fsp3) is 0.615. The molecule has 1 saturated heterocycles. The molecule has 9 heteroatoms. The molecule has 0 saturated carbocycles. The van der Waals surface area contributed by atoms with Gasteiger partial charge >= 0.3 is 6.18 Å². The number of nitrogens with zero attached hydrogens (tertiary/aromatic N) is 3. The lowest BCUT2D eigenvalue weighted by atomic mass is 9.93. The van der Waals surface area contributed by atoms with Crippen LogP contribution in [0.5, 0.6) is 0 Å². The first-order chi connectivity index (χ1) is 10.2. The second-order valence-electron chi connectivity index (χ2n) is 5.47. The number of carbonyl (C=O) groups is 2. The van der Waals surface area contributed by atoms with Crippen LogP contribution in [-0.2, 0) is 22.3 Å². The topological polar surface area (TPSA) is 81.2 Å². The fourth-order valence-electron chi connectivity index (χ4n) is 2.52. The van der Waals surface area contributed by atoms with E-state index in [1.165, 1.54) is 4.90 Å². The van der Waals surface area contributed by atoms with Crippen molar-refractivity contribution in [2.75, 3.05) is 6.54 Å². The Balaban J connectivity index is 2.04. The molecule has 0 radical (unpaired) electrons. The van der Waals surface area contributed by atoms with E-state index in [-0.39, 0.29) is 25.0 Å². The molecule has 22 heavy (non-hydrogen) atoms. The smallest absolute Gasteiger partial charge is 0.369 e. The van der Waals surface area contributed by atoms with Crippen LogP contribution in [0.4, 0.5) is 13.2 Å². The normalized spacial score (nSPS) is 22.6. The Morgan fingerprint density at radius 2 is 2.09 bits per heavy atom. The van der Waals surface area contributed by atoms with Crippen molar-refractivity contribution in [3.8, 4) is 0 Å². The summed E-state index contributed by atoms with van der Waals surface area (Å²) in [5.74, 6) is -1.26. The van der Waals surface area contributed by atoms with Crippen molar-refractivity contribution in [1.82, 2.24) is 14.7 Å². The van der Waals surface area contributed by atoms with Gasteiger partial charge in [-0.1, -0.05) is 0 Å². The Labute approximate surface area is 125 Å². The highest BCUT2D eigenvalue weighted by Gasteiger charge is 2.34. The number of alkyl halides is 3. The number of aromatic nitrogens is 2. The lowest BCUT2D eigenvalue weighted by Crippen LogP contribution is -2.49. The summed E-state index contributed by atoms with van der Waals surface area (Å²) < 4.78 is 38.4. The second-order valence-corrected chi connectivity index (χ2v) is 5.47. The highest BCUT2D eigenvalue weighted by Crippen LogP contribution is 2.27. The number of piperidine rings is 1. The largest absolute Gasteiger partial charge is 0.435 e. The number of nitrogens with two attached hydrogens (primary N) is 1. The van der Waals surface area contributed by atoms with Gasteiger partial charge in [-0.3, -0.25) is 14.3 Å². The van der Waals surface area contributed by atoms with Crippen molar-refractivity contribution in [1.29, 1.82) is 0 Å². The quantitative estimate of drug-likeness (QED) is 0.903. The lowest BCUT2D eigenvalue weighted by molar-refractivity contribution is -0.143. The van der Waals surface area contributed by atoms with Crippen LogP contribution in [0.15, 0.2) is 12.3 Å². The van der Waals surface area contributed by atoms with Crippen LogP contribution < -0.4 is 5.73 Å². The number of hydrogen-bond donors (Lipinski definition) is 1. The molecule has 0 aromatic carbocycles. The van der Waals surface area contributed by atoms with E-state index >= 15 is 0 Å². The highest BCUT2D eigenvalue weighted by molar-refractivity contribution is 5.80. The maximum absolute atomic E-state index is 12.5. The predicted octanol–water partition coefficient (Wildman–Crippen LogP) is 1.01. The Morgan fingerprint density at radius 1 is 1.41 bits per heavy atom. The van der Waals surface area contributed by atoms with Gasteiger partial charge in [-0.05, 0) is 25.8 Å². The molecule has 0 bridgehead atoms. The molecule has 6 nitrogen and oxygen atoms in total. The summed E-state index contributed by atoms with van der Waals surface area (Å²) in [5.41, 5.74) is 4.22. The molecule has 2 N–H and O–H groups in total. The molecule has 2 amide bonds. The minimum Gasteiger partial charge on any atom is -0.369 e. The third-order valence-electron chi connectivity index (χ3n) is 3.83. The van der Waals surface area contributed by atoms with E-state index in [1.807, 2.05) is 6.92 Å². The lowest BCUT2D eigenvalue weighted by Gasteiger charge is -2.36. The van der Waals surface area contributed by atoms with Gasteiger partial charge in [0.05, 0.1) is 5.92 Å². The van der Waals surface area contributed by atoms with Crippen LogP contribution in [-0.4, -0.2) is 39.1 Å². The average Bonchev–Trinajstić information content (AvgIpc) is 2.87. The van der Waals surface area contributed by atoms with Gasteiger partial charge in [0.1, 0.15) is 6.54 Å². The zero-order chi connectivity index (χ0) is 16.5. The molecule has 0 unspecified atom stereocenters. The summed E-state index contributed by atoms with van der Waals surface area (Å²) >= 11 is 0. The van der Waals surface area contributed by atoms with E-state index in [0.717, 1.165) is 16.9 Å². The SMILES string of the molecule is C[C@@H]1CC[C@@H](C(N)=O)CN1C(=O)Cn1ccc(C(F)(F)F)n1. The van der Waals surface area contributed by atoms with Gasteiger partial charge in [0.2, 0.25) is 11.8 Å². The molecule has 0 aliphatic carbocycles. The first-order valence-corrected chi connectivity index (χ1v) is 6.88. The minimum absolute atomic E-state index is 0.0826. The van der Waals surface area contributed by atoms with Crippen LogP contribution in [0.3, 0.4) is 0 Å². The third kappa shape index (κ3) is 3.58. The Bertz CT molecular complexity index is 570. The number of primary amides is 1. The Hall–Kier alpha value is -2.06. The van der Waals surface area contributed by atoms with E-state index in [1.54, 1.807) is 0 Å². The number of carbonyl (C=O) groups excluding carboxylic acids is 2. The molecule has 1 aromatic heterocycles. The van der Waals surface area contributed by atoms with Crippen LogP contribution in [0.2, 0.25) is 0 Å². The Morgan fingerprint density at radius 3 is 2.64 bits per heavy atom. The average molecular weight is 318 g/mol. The molecular weight excluding hydrogens is 301 g/mol. The molecule has 122 valence electrons. The number of amides is 2. The van der Waals surface area contributed by atoms with E-state index in [4.69, 9.17) is 5.73 Å². The summed E-state index contributed by atoms with van der Waals surface area (Å²) in [6, 6.07) is 0.736. The van der Waals surface area contributed by atoms with Crippen molar-refractivity contribution in [2.24, 2.45) is 11.7 Å².